The molecule has 13 heterocycles. The van der Waals surface area contributed by atoms with Gasteiger partial charge in [-0.25, -0.2) is 49.6 Å². The number of carbonyl (C=O) groups is 3. The summed E-state index contributed by atoms with van der Waals surface area (Å²) in [6, 6.07) is 23.3. The number of nitrogen functional groups attached to an aromatic ring is 1. The number of fused-ring (bicyclic) bond motifs is 5. The Morgan fingerprint density at radius 2 is 1.09 bits per heavy atom. The fourth-order valence-corrected chi connectivity index (χ4v) is 44.2. The summed E-state index contributed by atoms with van der Waals surface area (Å²) in [6.45, 7) is 12.3. The van der Waals surface area contributed by atoms with Crippen LogP contribution in [0.5, 0.6) is 0 Å². The minimum atomic E-state index is -1.32. The van der Waals surface area contributed by atoms with Crippen molar-refractivity contribution in [1.82, 2.24) is 110 Å². The molecule has 0 saturated heterocycles. The Labute approximate surface area is 743 Å². The van der Waals surface area contributed by atoms with Crippen LogP contribution in [0.2, 0.25) is 0 Å². The molecule has 3 unspecified atom stereocenters. The van der Waals surface area contributed by atoms with E-state index in [1.165, 1.54) is 58.6 Å². The number of carboxylic acids is 1. The van der Waals surface area contributed by atoms with Crippen molar-refractivity contribution in [3.05, 3.63) is 238 Å². The monoisotopic (exact) mass is 1960 g/mol. The van der Waals surface area contributed by atoms with Crippen LogP contribution in [0.3, 0.4) is 0 Å². The number of aromatic amines is 2. The maximum absolute atomic E-state index is 14.9. The Morgan fingerprint density at radius 3 is 1.55 bits per heavy atom. The zero-order valence-electron chi connectivity index (χ0n) is 64.0. The maximum atomic E-state index is 14.9. The second kappa shape index (κ2) is 47.2. The molecule has 3 aliphatic rings. The van der Waals surface area contributed by atoms with Gasteiger partial charge in [0.1, 0.15) is 23.3 Å². The minimum Gasteiger partial charge on any atom is -0.478 e. The van der Waals surface area contributed by atoms with E-state index in [-0.39, 0.29) is 42.7 Å². The molecule has 0 aliphatic carbocycles. The zero-order valence-corrected chi connectivity index (χ0v) is 77.5. The first-order chi connectivity index (χ1) is 58.9. The summed E-state index contributed by atoms with van der Waals surface area (Å²) in [6.07, 6.45) is 11.6. The molecule has 1 amide bonds. The number of carbonyl (C=O) groups excluding carboxylic acids is 2. The number of halogens is 2. The Bertz CT molecular complexity index is 6530. The van der Waals surface area contributed by atoms with E-state index in [0.717, 1.165) is 87.8 Å². The van der Waals surface area contributed by atoms with Gasteiger partial charge in [0, 0.05) is 245 Å². The predicted octanol–water partition coefficient (Wildman–Crippen LogP) is 9.55. The third-order valence-corrected chi connectivity index (χ3v) is 46.3. The second-order valence-corrected chi connectivity index (χ2v) is 51.0. The quantitative estimate of drug-likeness (QED) is 0.0360. The zero-order chi connectivity index (χ0) is 86.0. The molecule has 30 nitrogen and oxygen atoms in total. The summed E-state index contributed by atoms with van der Waals surface area (Å²) in [7, 11) is 21.7. The summed E-state index contributed by atoms with van der Waals surface area (Å²) in [4.78, 5) is 84.9. The molecule has 0 spiro atoms. The number of aromatic nitrogens is 19. The van der Waals surface area contributed by atoms with Crippen LogP contribution in [0.15, 0.2) is 153 Å². The lowest BCUT2D eigenvalue weighted by atomic mass is 10.0. The van der Waals surface area contributed by atoms with Crippen LogP contribution in [0.25, 0.3) is 53.9 Å². The number of aromatic carboxylic acids is 1. The number of thiazole rings is 4. The predicted molar refractivity (Wildman–Crippen MR) is 503 cm³/mol. The summed E-state index contributed by atoms with van der Waals surface area (Å²) in [5.41, 5.74) is 6.67. The molecule has 0 fully saturated rings. The number of anilines is 1. The van der Waals surface area contributed by atoms with E-state index >= 15 is 0 Å². The van der Waals surface area contributed by atoms with Crippen LogP contribution >= 0.6 is 45.3 Å². The molecule has 0 radical (unpaired) electrons. The maximum Gasteiger partial charge on any atom is 0.338 e. The summed E-state index contributed by atoms with van der Waals surface area (Å²) >= 11 is 15.5. The first-order valence-electron chi connectivity index (χ1n) is 35.4. The Balaban J connectivity index is 0.000000171. The number of hydrazine groups is 1. The van der Waals surface area contributed by atoms with Gasteiger partial charge in [0.25, 0.3) is 17.0 Å². The highest BCUT2D eigenvalue weighted by Crippen LogP contribution is 2.32. The summed E-state index contributed by atoms with van der Waals surface area (Å²) in [5, 5.41) is 64.4. The third kappa shape index (κ3) is 25.6. The van der Waals surface area contributed by atoms with Crippen molar-refractivity contribution >= 4 is 229 Å². The van der Waals surface area contributed by atoms with E-state index in [1.54, 1.807) is 210 Å². The largest absolute Gasteiger partial charge is 0.478 e. The van der Waals surface area contributed by atoms with Crippen LogP contribution in [0, 0.1) is 18.6 Å². The average molecular weight is 1970 g/mol. The number of rotatable bonds is 11. The van der Waals surface area contributed by atoms with Crippen LogP contribution in [0.1, 0.15) is 119 Å². The molecule has 4 aromatic carbocycles. The first kappa shape index (κ1) is 89.9. The van der Waals surface area contributed by atoms with Crippen molar-refractivity contribution < 1.29 is 32.7 Å². The number of nitrogens with two attached hydrogens (primary N) is 1. The number of benzene rings is 4. The van der Waals surface area contributed by atoms with Crippen molar-refractivity contribution in [3.63, 3.8) is 0 Å². The van der Waals surface area contributed by atoms with Crippen LogP contribution in [-0.4, -0.2) is 142 Å². The van der Waals surface area contributed by atoms with Crippen molar-refractivity contribution in [2.45, 2.75) is 78.3 Å². The normalized spacial score (nSPS) is 13.9. The van der Waals surface area contributed by atoms with Gasteiger partial charge in [0.05, 0.1) is 81.2 Å². The molecule has 0 bridgehead atoms. The number of aryl methyl sites for hydroxylation is 1. The van der Waals surface area contributed by atoms with Gasteiger partial charge in [-0.3, -0.25) is 29.1 Å². The Hall–Kier alpha value is -8.37. The fourth-order valence-electron chi connectivity index (χ4n) is 11.7. The van der Waals surface area contributed by atoms with Gasteiger partial charge in [-0.05, 0) is 75.2 Å². The third-order valence-electron chi connectivity index (χ3n) is 16.7. The molecule has 3 aliphatic heterocycles. The molecule has 51 heteroatoms. The lowest BCUT2D eigenvalue weighted by Crippen LogP contribution is -2.40. The number of hydrogen-bond donors (Lipinski definition) is 7. The number of hydrogen-bond acceptors (Lipinski definition) is 29. The first-order valence-corrected chi connectivity index (χ1v) is 56.6. The highest BCUT2D eigenvalue weighted by molar-refractivity contribution is 8.76. The molecule has 624 valence electrons. The van der Waals surface area contributed by atoms with Crippen LogP contribution in [0.4, 0.5) is 14.6 Å². The number of carboxylic acid groups (broad SMARTS) is 1. The van der Waals surface area contributed by atoms with Gasteiger partial charge in [0.2, 0.25) is 0 Å². The summed E-state index contributed by atoms with van der Waals surface area (Å²) < 4.78 is 44.6. The van der Waals surface area contributed by atoms with E-state index < -0.39 is 23.5 Å². The Morgan fingerprint density at radius 1 is 0.613 bits per heavy atom. The van der Waals surface area contributed by atoms with Gasteiger partial charge >= 0.3 is 5.97 Å². The molecular formula is C68H68F2N24O6S19. The van der Waals surface area contributed by atoms with Crippen molar-refractivity contribution in [2.24, 2.45) is 5.84 Å². The van der Waals surface area contributed by atoms with E-state index in [9.17, 15) is 32.8 Å². The molecule has 8 N–H and O–H groups in total. The number of H-pyrrole nitrogens is 2. The lowest BCUT2D eigenvalue weighted by Gasteiger charge is -2.32. The number of amides is 1. The van der Waals surface area contributed by atoms with Gasteiger partial charge in [-0.15, -0.1) is 75.9 Å². The van der Waals surface area contributed by atoms with E-state index in [4.69, 9.17) is 36.3 Å². The van der Waals surface area contributed by atoms with E-state index in [0.29, 0.717) is 86.2 Å². The topological polar surface area (TPSA) is 398 Å². The van der Waals surface area contributed by atoms with E-state index in [2.05, 4.69) is 120 Å². The molecular weight excluding hydrogens is 1900 g/mol. The fraction of sp³-hybridized carbons (Fsp3) is 0.221. The summed E-state index contributed by atoms with van der Waals surface area (Å²) in [5.74, 6) is 7.71. The number of nitrogens with zero attached hydrogens (tertiary/aromatic N) is 18. The second-order valence-electron chi connectivity index (χ2n) is 24.4. The van der Waals surface area contributed by atoms with Crippen molar-refractivity contribution in [2.75, 3.05) is 25.1 Å². The average Bonchev–Trinajstić information content (AvgIpc) is 1.54. The number of aldehydes is 1. The number of nitrogens with one attached hydrogen (secondary N) is 5. The molecule has 0 saturated carbocycles. The highest BCUT2D eigenvalue weighted by atomic mass is 33.5. The molecule has 17 rings (SSSR count). The van der Waals surface area contributed by atoms with Gasteiger partial charge in [-0.2, -0.15) is 10.2 Å². The van der Waals surface area contributed by atoms with Gasteiger partial charge in [0.15, 0.2) is 50.4 Å². The molecule has 14 aromatic rings. The van der Waals surface area contributed by atoms with Gasteiger partial charge < -0.3 is 39.8 Å². The Kier molecular flexibility index (Phi) is 35.6. The molecule has 3 atom stereocenters. The molecule has 119 heavy (non-hydrogen) atoms. The lowest BCUT2D eigenvalue weighted by molar-refractivity contribution is 0.0673. The van der Waals surface area contributed by atoms with Crippen LogP contribution < -0.4 is 33.0 Å². The highest BCUT2D eigenvalue weighted by Gasteiger charge is 2.32. The molecule has 10 aromatic heterocycles. The smallest absolute Gasteiger partial charge is 0.338 e. The SMILES string of the molecule is CC1CN(C(=O)c2cc(Cc3n[nH]c(=O)c4ccccc34)ccc2F)Cc2nnc(-c3nccs3)n21.CC1CNCc2nnc(-c3cncs3)n21.CC1CNCc2nnc(-c3nccs3)n21.Cc1cncc(NN)n1.O=C(O)c1cc(Cc2n[nH]c(=O)c3ccccc23)ccc1F.O=Cc1nccs1.S=S=S=S=S=S=S=S=S=S=S=S=S=S=S.[2H][2H].[HH]. The minimum absolute atomic E-state index is 0. The standard InChI is InChI=1S/C25H20FN7O2S.C16H11FN2O3.2C9H11N5S.C5H8N4.C4H3NOS.S15.2H2/c1-14-12-32(13-21-29-30-22(33(14)21)24-27-8-9-36-24)25(35)18-10-15(6-7-19(18)26)11-20-16-4-2-3-5-17(16)23(34)31-28-20;17-13-6-5-9(7-12(13)16(21)22)8-14-10-3-1-2-4-11(10)15(20)19-18-14;1-6-2-10-4-8-12-13-9(14(6)8)7-3-11-5-15-7;1-6-4-10-5-7-12-13-8(14(6)7)9-11-2-3-15-9;1-4-2-7-3-5(8-4)9-6;6-3-4-5-1-2-7-4;1-3-5-7-9-11-13-15-14-12-10-8-6-4-2;;/h2-10,14H,11-13H2,1H3,(H,31,34);1-7H,8H2,(H,19,20)(H,21,22);3,5-6,10H,2,4H2,1H3;2-3,6,10H,4-5H2,1H3;2-3H,6H2,1H3,(H,8,9);1-3H;;2*1H/i;;;;;;;1+1D;. The van der Waals surface area contributed by atoms with Crippen LogP contribution in [-0.2, 0) is 170 Å². The van der Waals surface area contributed by atoms with Gasteiger partial charge in [-0.1, -0.05) is 48.5 Å². The van der Waals surface area contributed by atoms with Crippen molar-refractivity contribution in [1.29, 1.82) is 0 Å². The van der Waals surface area contributed by atoms with E-state index in [1.807, 2.05) is 53.0 Å². The van der Waals surface area contributed by atoms with Crippen molar-refractivity contribution in [3.8, 4) is 32.4 Å².